The van der Waals surface area contributed by atoms with Crippen LogP contribution in [0.25, 0.3) is 11.2 Å². The molecule has 1 fully saturated rings. The summed E-state index contributed by atoms with van der Waals surface area (Å²) in [5.74, 6) is -4.31. The molecule has 13 N–H and O–H groups in total. The van der Waals surface area contributed by atoms with E-state index in [2.05, 4.69) is 25.1 Å². The molecule has 0 spiro atoms. The number of aliphatic carboxylic acids is 2. The summed E-state index contributed by atoms with van der Waals surface area (Å²) in [7, 11) is -4.92. The molecule has 256 valence electrons. The summed E-state index contributed by atoms with van der Waals surface area (Å²) in [5, 5.41) is 43.4. The van der Waals surface area contributed by atoms with Crippen molar-refractivity contribution in [3.63, 3.8) is 0 Å². The van der Waals surface area contributed by atoms with Crippen LogP contribution >= 0.6 is 19.6 Å². The minimum absolute atomic E-state index is 0.0335. The number of aliphatic hydroxyl groups excluding tert-OH is 2. The van der Waals surface area contributed by atoms with Crippen molar-refractivity contribution in [3.8, 4) is 0 Å². The number of carbonyl (C=O) groups excluding carboxylic acids is 2. The molecule has 3 rings (SSSR count). The summed E-state index contributed by atoms with van der Waals surface area (Å²) in [4.78, 5) is 83.9. The van der Waals surface area contributed by atoms with Crippen LogP contribution in [0.2, 0.25) is 0 Å². The van der Waals surface area contributed by atoms with Gasteiger partial charge in [-0.2, -0.15) is 11.8 Å². The van der Waals surface area contributed by atoms with Gasteiger partial charge in [-0.15, -0.1) is 0 Å². The molecule has 3 heterocycles. The van der Waals surface area contributed by atoms with Gasteiger partial charge in [0.25, 0.3) is 11.5 Å². The van der Waals surface area contributed by atoms with Gasteiger partial charge in [0, 0.05) is 17.9 Å². The second-order valence-electron chi connectivity index (χ2n) is 9.96. The lowest BCUT2D eigenvalue weighted by Crippen LogP contribution is -2.49. The molecule has 2 amide bonds. The first-order chi connectivity index (χ1) is 21.5. The minimum Gasteiger partial charge on any atom is -0.480 e. The Balaban J connectivity index is 1.74. The number of nitrogen functional groups attached to an aromatic ring is 1. The zero-order valence-electron chi connectivity index (χ0n) is 23.8. The van der Waals surface area contributed by atoms with Gasteiger partial charge in [-0.1, -0.05) is 4.98 Å². The third-order valence-corrected chi connectivity index (χ3v) is 8.06. The number of aromatic amines is 1. The molecule has 22 nitrogen and oxygen atoms in total. The average molecular weight is 698 g/mol. The number of carboxylic acids is 2. The van der Waals surface area contributed by atoms with Crippen LogP contribution in [0.5, 0.6) is 0 Å². The Morgan fingerprint density at radius 2 is 1.93 bits per heavy atom. The molecule has 24 heteroatoms. The van der Waals surface area contributed by atoms with Gasteiger partial charge in [0.2, 0.25) is 23.6 Å². The van der Waals surface area contributed by atoms with Crippen molar-refractivity contribution < 1.29 is 67.8 Å². The van der Waals surface area contributed by atoms with E-state index in [1.165, 1.54) is 15.5 Å². The number of amides is 2. The molecule has 0 radical (unpaired) electrons. The third kappa shape index (κ3) is 9.91. The lowest BCUT2D eigenvalue weighted by molar-refractivity contribution is -0.746. The highest BCUT2D eigenvalue weighted by atomic mass is 32.2. The number of phosphoric acid groups is 1. The SMILES string of the molecule is Nc1nc2c(c(=O)[nH]1)n(CCSCC(NC(=O)CCC(N)C(=O)O)C(=O)NCC(=O)O)c[n+]2[C@@H]1O[C@H](COP(=O)(O)O)[C@@H](O)[C@H]1O. The van der Waals surface area contributed by atoms with Crippen molar-refractivity contribution in [1.82, 2.24) is 25.2 Å². The summed E-state index contributed by atoms with van der Waals surface area (Å²) >= 11 is 1.12. The number of imidazole rings is 1. The smallest absolute Gasteiger partial charge is 0.469 e. The van der Waals surface area contributed by atoms with Crippen LogP contribution in [0.15, 0.2) is 11.1 Å². The maximum atomic E-state index is 12.8. The number of H-pyrrole nitrogens is 1. The van der Waals surface area contributed by atoms with Gasteiger partial charge in [-0.25, -0.2) is 9.13 Å². The molecule has 6 atom stereocenters. The molecular formula is C22H34N8O14PS+. The monoisotopic (exact) mass is 697 g/mol. The lowest BCUT2D eigenvalue weighted by atomic mass is 10.1. The molecule has 0 aliphatic carbocycles. The van der Waals surface area contributed by atoms with E-state index in [4.69, 9.17) is 36.2 Å². The number of aliphatic hydroxyl groups is 2. The topological polar surface area (TPSA) is 356 Å². The zero-order valence-corrected chi connectivity index (χ0v) is 25.5. The minimum atomic E-state index is -4.92. The Hall–Kier alpha value is -3.67. The highest BCUT2D eigenvalue weighted by Crippen LogP contribution is 2.37. The van der Waals surface area contributed by atoms with Crippen molar-refractivity contribution in [2.75, 3.05) is 30.4 Å². The maximum Gasteiger partial charge on any atom is 0.469 e. The second-order valence-corrected chi connectivity index (χ2v) is 12.4. The molecule has 1 aliphatic rings. The van der Waals surface area contributed by atoms with E-state index in [0.29, 0.717) is 0 Å². The molecule has 1 saturated heterocycles. The highest BCUT2D eigenvalue weighted by Gasteiger charge is 2.47. The summed E-state index contributed by atoms with van der Waals surface area (Å²) in [6, 6.07) is -2.52. The normalized spacial score (nSPS) is 21.2. The number of carbonyl (C=O) groups is 4. The number of aromatic nitrogens is 4. The zero-order chi connectivity index (χ0) is 34.3. The predicted octanol–water partition coefficient (Wildman–Crippen LogP) is -5.07. The van der Waals surface area contributed by atoms with Crippen LogP contribution in [-0.2, 0) is 39.5 Å². The first-order valence-corrected chi connectivity index (χ1v) is 16.0. The number of carboxylic acid groups (broad SMARTS) is 2. The highest BCUT2D eigenvalue weighted by molar-refractivity contribution is 7.99. The number of anilines is 1. The van der Waals surface area contributed by atoms with Gasteiger partial charge in [-0.05, 0) is 6.42 Å². The lowest BCUT2D eigenvalue weighted by Gasteiger charge is -2.18. The van der Waals surface area contributed by atoms with Gasteiger partial charge >= 0.3 is 25.4 Å². The summed E-state index contributed by atoms with van der Waals surface area (Å²) < 4.78 is 23.7. The van der Waals surface area contributed by atoms with Gasteiger partial charge in [0.05, 0.1) is 13.2 Å². The van der Waals surface area contributed by atoms with E-state index in [0.717, 1.165) is 11.8 Å². The number of hydrogen-bond donors (Lipinski definition) is 11. The van der Waals surface area contributed by atoms with Crippen LogP contribution in [0.3, 0.4) is 0 Å². The van der Waals surface area contributed by atoms with Crippen molar-refractivity contribution in [1.29, 1.82) is 0 Å². The number of nitrogens with two attached hydrogens (primary N) is 2. The van der Waals surface area contributed by atoms with Crippen LogP contribution in [0.1, 0.15) is 19.1 Å². The van der Waals surface area contributed by atoms with Crippen molar-refractivity contribution in [3.05, 3.63) is 16.7 Å². The summed E-state index contributed by atoms with van der Waals surface area (Å²) in [5.41, 5.74) is 10.3. The predicted molar refractivity (Wildman–Crippen MR) is 154 cm³/mol. The number of nitrogens with zero attached hydrogens (tertiary/aromatic N) is 3. The Bertz CT molecular complexity index is 1550. The summed E-state index contributed by atoms with van der Waals surface area (Å²) in [6.07, 6.45) is -5.25. The Morgan fingerprint density at radius 3 is 2.57 bits per heavy atom. The van der Waals surface area contributed by atoms with Crippen molar-refractivity contribution >= 4 is 60.4 Å². The van der Waals surface area contributed by atoms with Gasteiger partial charge in [0.15, 0.2) is 6.33 Å². The van der Waals surface area contributed by atoms with Crippen LogP contribution < -0.4 is 32.2 Å². The van der Waals surface area contributed by atoms with E-state index < -0.39 is 86.9 Å². The third-order valence-electron chi connectivity index (χ3n) is 6.53. The number of nitrogens with one attached hydrogen (secondary N) is 3. The molecule has 2 unspecified atom stereocenters. The molecule has 2 aromatic heterocycles. The fourth-order valence-electron chi connectivity index (χ4n) is 4.31. The molecule has 0 saturated carbocycles. The van der Waals surface area contributed by atoms with Crippen LogP contribution in [0, 0.1) is 0 Å². The van der Waals surface area contributed by atoms with E-state index >= 15 is 0 Å². The van der Waals surface area contributed by atoms with E-state index in [1.54, 1.807) is 0 Å². The van der Waals surface area contributed by atoms with E-state index in [9.17, 15) is 38.8 Å². The number of hydrogen-bond acceptors (Lipinski definition) is 14. The van der Waals surface area contributed by atoms with Gasteiger partial charge < -0.3 is 57.1 Å². The molecule has 1 aliphatic heterocycles. The number of fused-ring (bicyclic) bond motifs is 1. The number of rotatable bonds is 17. The Kier molecular flexibility index (Phi) is 12.6. The molecule has 0 bridgehead atoms. The fourth-order valence-corrected chi connectivity index (χ4v) is 5.61. The Morgan fingerprint density at radius 1 is 1.24 bits per heavy atom. The molecule has 2 aromatic rings. The number of aryl methyl sites for hydroxylation is 1. The first-order valence-electron chi connectivity index (χ1n) is 13.3. The Labute approximate surface area is 262 Å². The number of ether oxygens (including phenoxy) is 1. The molecule has 0 aromatic carbocycles. The number of thioether (sulfide) groups is 1. The summed E-state index contributed by atoms with van der Waals surface area (Å²) in [6.45, 7) is -1.43. The van der Waals surface area contributed by atoms with Crippen LogP contribution in [0.4, 0.5) is 5.95 Å². The number of phosphoric ester groups is 1. The van der Waals surface area contributed by atoms with E-state index in [-0.39, 0.29) is 48.0 Å². The van der Waals surface area contributed by atoms with Gasteiger partial charge in [-0.3, -0.25) is 38.0 Å². The molecular weight excluding hydrogens is 663 g/mol. The molecule has 46 heavy (non-hydrogen) atoms. The quantitative estimate of drug-likeness (QED) is 0.0418. The van der Waals surface area contributed by atoms with Gasteiger partial charge in [0.1, 0.15) is 36.9 Å². The van der Waals surface area contributed by atoms with Crippen molar-refractivity contribution in [2.24, 2.45) is 5.73 Å². The standard InChI is InChI=1S/C22H33N8O14PS/c23-9(21(38)39)1-2-12(31)26-10(18(36)25-5-13(32)33)7-46-4-3-29-8-30(17-14(29)19(37)28-22(24)27-17)20-16(35)15(34)11(44-20)6-43-45(40,41)42/h8-11,15-16,20,34-35H,1-7,23H2,(H8-,24,25,26,27,28,31,32,33,36,37,38,39,40,41,42)/p+1/t9?,10?,11-,15-,16-,20-/m1/s1. The largest absolute Gasteiger partial charge is 0.480 e. The fraction of sp³-hybridized carbons (Fsp3) is 0.591. The average Bonchev–Trinajstić information content (AvgIpc) is 3.46. The second kappa shape index (κ2) is 15.8. The van der Waals surface area contributed by atoms with Crippen LogP contribution in [-0.4, -0.2) is 124 Å². The maximum absolute atomic E-state index is 12.8. The first kappa shape index (κ1) is 36.8. The van der Waals surface area contributed by atoms with Crippen molar-refractivity contribution in [2.45, 2.75) is 56.0 Å². The van der Waals surface area contributed by atoms with E-state index in [1.807, 2.05) is 0 Å².